The maximum atomic E-state index is 11.8. The fourth-order valence-corrected chi connectivity index (χ4v) is 1.27. The van der Waals surface area contributed by atoms with Crippen molar-refractivity contribution < 1.29 is 14.5 Å². The van der Waals surface area contributed by atoms with Crippen LogP contribution in [0.25, 0.3) is 0 Å². The van der Waals surface area contributed by atoms with Gasteiger partial charge in [-0.25, -0.2) is 4.98 Å². The van der Waals surface area contributed by atoms with E-state index in [2.05, 4.69) is 20.9 Å². The number of nitrogens with zero attached hydrogens (tertiary/aromatic N) is 2. The Morgan fingerprint density at radius 1 is 1.42 bits per heavy atom. The number of aromatic nitrogens is 1. The third-order valence-corrected chi connectivity index (χ3v) is 2.25. The molecule has 0 aliphatic rings. The SMILES string of the molecule is CNC(=O)CNC(=O)c1cc([N+](=O)[O-])cnc1NC. The predicted molar refractivity (Wildman–Crippen MR) is 66.8 cm³/mol. The molecule has 1 aromatic heterocycles. The topological polar surface area (TPSA) is 126 Å². The first kappa shape index (κ1) is 14.4. The first-order valence-corrected chi connectivity index (χ1v) is 5.30. The number of hydrogen-bond acceptors (Lipinski definition) is 6. The first-order chi connectivity index (χ1) is 8.99. The third kappa shape index (κ3) is 3.63. The van der Waals surface area contributed by atoms with Crippen LogP contribution in [0.5, 0.6) is 0 Å². The quantitative estimate of drug-likeness (QED) is 0.488. The van der Waals surface area contributed by atoms with E-state index in [-0.39, 0.29) is 29.5 Å². The summed E-state index contributed by atoms with van der Waals surface area (Å²) in [6, 6.07) is 1.10. The zero-order valence-corrected chi connectivity index (χ0v) is 10.4. The van der Waals surface area contributed by atoms with Crippen molar-refractivity contribution in [2.24, 2.45) is 0 Å². The smallest absolute Gasteiger partial charge is 0.288 e. The Labute approximate surface area is 108 Å². The Hall–Kier alpha value is -2.71. The molecule has 102 valence electrons. The number of carbonyl (C=O) groups excluding carboxylic acids is 2. The summed E-state index contributed by atoms with van der Waals surface area (Å²) in [5.41, 5.74) is -0.301. The molecule has 9 nitrogen and oxygen atoms in total. The lowest BCUT2D eigenvalue weighted by Gasteiger charge is -2.08. The molecule has 0 aliphatic carbocycles. The lowest BCUT2D eigenvalue weighted by atomic mass is 10.2. The summed E-state index contributed by atoms with van der Waals surface area (Å²) in [5, 5.41) is 18.0. The number of hydrogen-bond donors (Lipinski definition) is 3. The van der Waals surface area contributed by atoms with Crippen LogP contribution in [-0.4, -0.2) is 42.4 Å². The minimum absolute atomic E-state index is 0.000558. The van der Waals surface area contributed by atoms with E-state index in [1.807, 2.05) is 0 Å². The summed E-state index contributed by atoms with van der Waals surface area (Å²) in [6.07, 6.45) is 1.04. The van der Waals surface area contributed by atoms with Gasteiger partial charge in [0.15, 0.2) is 0 Å². The van der Waals surface area contributed by atoms with Gasteiger partial charge in [0.25, 0.3) is 11.6 Å². The van der Waals surface area contributed by atoms with Crippen LogP contribution in [0.3, 0.4) is 0 Å². The molecule has 19 heavy (non-hydrogen) atoms. The fourth-order valence-electron chi connectivity index (χ4n) is 1.27. The average molecular weight is 267 g/mol. The maximum Gasteiger partial charge on any atom is 0.288 e. The van der Waals surface area contributed by atoms with E-state index in [9.17, 15) is 19.7 Å². The van der Waals surface area contributed by atoms with Gasteiger partial charge in [-0.05, 0) is 0 Å². The first-order valence-electron chi connectivity index (χ1n) is 5.30. The average Bonchev–Trinajstić information content (AvgIpc) is 2.43. The highest BCUT2D eigenvalue weighted by Crippen LogP contribution is 2.18. The van der Waals surface area contributed by atoms with Crippen LogP contribution in [-0.2, 0) is 4.79 Å². The van der Waals surface area contributed by atoms with Crippen molar-refractivity contribution in [1.29, 1.82) is 0 Å². The molecule has 3 N–H and O–H groups in total. The lowest BCUT2D eigenvalue weighted by molar-refractivity contribution is -0.385. The monoisotopic (exact) mass is 267 g/mol. The van der Waals surface area contributed by atoms with E-state index in [0.717, 1.165) is 12.3 Å². The number of nitro groups is 1. The molecule has 2 amide bonds. The van der Waals surface area contributed by atoms with E-state index in [1.165, 1.54) is 14.1 Å². The van der Waals surface area contributed by atoms with Crippen LogP contribution >= 0.6 is 0 Å². The summed E-state index contributed by atoms with van der Waals surface area (Å²) in [6.45, 7) is -0.221. The van der Waals surface area contributed by atoms with Gasteiger partial charge in [0.05, 0.1) is 17.0 Å². The maximum absolute atomic E-state index is 11.8. The summed E-state index contributed by atoms with van der Waals surface area (Å²) >= 11 is 0. The third-order valence-electron chi connectivity index (χ3n) is 2.25. The van der Waals surface area contributed by atoms with Crippen LogP contribution in [0.4, 0.5) is 11.5 Å². The van der Waals surface area contributed by atoms with E-state index >= 15 is 0 Å². The van der Waals surface area contributed by atoms with Crippen LogP contribution in [0.1, 0.15) is 10.4 Å². The van der Waals surface area contributed by atoms with Gasteiger partial charge < -0.3 is 16.0 Å². The molecular formula is C10H13N5O4. The molecule has 0 aliphatic heterocycles. The van der Waals surface area contributed by atoms with Crippen molar-refractivity contribution in [2.45, 2.75) is 0 Å². The Morgan fingerprint density at radius 2 is 2.11 bits per heavy atom. The number of likely N-dealkylation sites (N-methyl/N-ethyl adjacent to an activating group) is 1. The molecule has 0 radical (unpaired) electrons. The summed E-state index contributed by atoms with van der Waals surface area (Å²) < 4.78 is 0. The Balaban J connectivity index is 2.96. The second-order valence-corrected chi connectivity index (χ2v) is 3.45. The second-order valence-electron chi connectivity index (χ2n) is 3.45. The van der Waals surface area contributed by atoms with Gasteiger partial charge in [-0.1, -0.05) is 0 Å². The summed E-state index contributed by atoms with van der Waals surface area (Å²) in [4.78, 5) is 36.6. The fraction of sp³-hybridized carbons (Fsp3) is 0.300. The van der Waals surface area contributed by atoms with Gasteiger partial charge >= 0.3 is 0 Å². The summed E-state index contributed by atoms with van der Waals surface area (Å²) in [5.74, 6) is -0.804. The van der Waals surface area contributed by atoms with Crippen molar-refractivity contribution >= 4 is 23.3 Å². The number of pyridine rings is 1. The molecule has 0 bridgehead atoms. The standard InChI is InChI=1S/C10H13N5O4/c1-11-8(16)5-14-10(17)7-3-6(15(18)19)4-13-9(7)12-2/h3-4H,5H2,1-2H3,(H,11,16)(H,12,13)(H,14,17). The van der Waals surface area contributed by atoms with E-state index in [0.29, 0.717) is 0 Å². The van der Waals surface area contributed by atoms with Crippen LogP contribution in [0.2, 0.25) is 0 Å². The second kappa shape index (κ2) is 6.28. The van der Waals surface area contributed by atoms with Crippen LogP contribution < -0.4 is 16.0 Å². The summed E-state index contributed by atoms with van der Waals surface area (Å²) in [7, 11) is 2.96. The van der Waals surface area contributed by atoms with Crippen LogP contribution in [0.15, 0.2) is 12.3 Å². The largest absolute Gasteiger partial charge is 0.372 e. The highest BCUT2D eigenvalue weighted by atomic mass is 16.6. The number of amides is 2. The molecular weight excluding hydrogens is 254 g/mol. The molecule has 0 saturated heterocycles. The van der Waals surface area contributed by atoms with Crippen molar-refractivity contribution in [3.05, 3.63) is 27.9 Å². The molecule has 1 aromatic rings. The van der Waals surface area contributed by atoms with Gasteiger partial charge in [0, 0.05) is 20.2 Å². The van der Waals surface area contributed by atoms with Crippen molar-refractivity contribution in [3.63, 3.8) is 0 Å². The van der Waals surface area contributed by atoms with Gasteiger partial charge in [-0.2, -0.15) is 0 Å². The van der Waals surface area contributed by atoms with Gasteiger partial charge in [-0.3, -0.25) is 19.7 Å². The van der Waals surface area contributed by atoms with Crippen LogP contribution in [0, 0.1) is 10.1 Å². The Morgan fingerprint density at radius 3 is 2.63 bits per heavy atom. The normalized spacial score (nSPS) is 9.58. The Bertz CT molecular complexity index is 517. The molecule has 0 unspecified atom stereocenters. The minimum Gasteiger partial charge on any atom is -0.372 e. The van der Waals surface area contributed by atoms with Gasteiger partial charge in [-0.15, -0.1) is 0 Å². The highest BCUT2D eigenvalue weighted by Gasteiger charge is 2.17. The highest BCUT2D eigenvalue weighted by molar-refractivity contribution is 6.00. The molecule has 0 fully saturated rings. The number of anilines is 1. The lowest BCUT2D eigenvalue weighted by Crippen LogP contribution is -2.35. The molecule has 0 spiro atoms. The van der Waals surface area contributed by atoms with Crippen molar-refractivity contribution in [1.82, 2.24) is 15.6 Å². The Kier molecular flexibility index (Phi) is 4.75. The number of nitrogens with one attached hydrogen (secondary N) is 3. The molecule has 1 heterocycles. The van der Waals surface area contributed by atoms with Gasteiger partial charge in [0.2, 0.25) is 5.91 Å². The zero-order chi connectivity index (χ0) is 14.4. The molecule has 0 atom stereocenters. The molecule has 0 saturated carbocycles. The number of carbonyl (C=O) groups is 2. The van der Waals surface area contributed by atoms with E-state index in [1.54, 1.807) is 0 Å². The predicted octanol–water partition coefficient (Wildman–Crippen LogP) is -0.493. The van der Waals surface area contributed by atoms with Gasteiger partial charge in [0.1, 0.15) is 12.0 Å². The van der Waals surface area contributed by atoms with Crippen molar-refractivity contribution in [2.75, 3.05) is 26.0 Å². The molecule has 0 aromatic carbocycles. The number of rotatable bonds is 5. The molecule has 1 rings (SSSR count). The van der Waals surface area contributed by atoms with Crippen molar-refractivity contribution in [3.8, 4) is 0 Å². The minimum atomic E-state index is -0.651. The molecule has 9 heteroatoms. The van der Waals surface area contributed by atoms with E-state index < -0.39 is 10.8 Å². The zero-order valence-electron chi connectivity index (χ0n) is 10.4. The van der Waals surface area contributed by atoms with E-state index in [4.69, 9.17) is 0 Å².